The summed E-state index contributed by atoms with van der Waals surface area (Å²) in [5.74, 6) is 0.292. The van der Waals surface area contributed by atoms with Gasteiger partial charge in [0, 0.05) is 23.6 Å². The third-order valence-corrected chi connectivity index (χ3v) is 3.20. The highest BCUT2D eigenvalue weighted by atomic mass is 79.9. The maximum atomic E-state index is 11.7. The van der Waals surface area contributed by atoms with Crippen LogP contribution in [0.3, 0.4) is 0 Å². The average Bonchev–Trinajstić information content (AvgIpc) is 2.71. The number of imidazole rings is 1. The molecule has 3 rings (SSSR count). The monoisotopic (exact) mass is 308 g/mol. The van der Waals surface area contributed by atoms with Crippen LogP contribution in [0.15, 0.2) is 29.0 Å². The van der Waals surface area contributed by atoms with Crippen molar-refractivity contribution in [3.8, 4) is 0 Å². The highest BCUT2D eigenvalue weighted by molar-refractivity contribution is 9.10. The van der Waals surface area contributed by atoms with Crippen molar-refractivity contribution in [3.05, 3.63) is 29.0 Å². The lowest BCUT2D eigenvalue weighted by molar-refractivity contribution is -0.120. The van der Waals surface area contributed by atoms with Crippen LogP contribution in [0, 0.1) is 0 Å². The summed E-state index contributed by atoms with van der Waals surface area (Å²) in [4.78, 5) is 28.6. The smallest absolute Gasteiger partial charge is 0.304 e. The van der Waals surface area contributed by atoms with Crippen LogP contribution in [0.1, 0.15) is 6.42 Å². The minimum atomic E-state index is -0.422. The van der Waals surface area contributed by atoms with Gasteiger partial charge in [-0.05, 0) is 28.1 Å². The van der Waals surface area contributed by atoms with Gasteiger partial charge in [-0.15, -0.1) is 0 Å². The lowest BCUT2D eigenvalue weighted by atomic mass is 10.3. The predicted octanol–water partition coefficient (Wildman–Crippen LogP) is 1.54. The number of carbonyl (C=O) groups is 2. The molecule has 0 unspecified atom stereocenters. The fourth-order valence-electron chi connectivity index (χ4n) is 1.86. The summed E-state index contributed by atoms with van der Waals surface area (Å²) in [6.45, 7) is 0.357. The third kappa shape index (κ3) is 1.86. The quantitative estimate of drug-likeness (QED) is 0.869. The summed E-state index contributed by atoms with van der Waals surface area (Å²) in [5.41, 5.74) is 0.748. The lowest BCUT2D eigenvalue weighted by Crippen LogP contribution is -2.49. The molecule has 2 aromatic rings. The minimum Gasteiger partial charge on any atom is -0.304 e. The number of hydrogen-bond acceptors (Lipinski definition) is 3. The Bertz CT molecular complexity index is 652. The van der Waals surface area contributed by atoms with Gasteiger partial charge in [0.2, 0.25) is 5.91 Å². The Morgan fingerprint density at radius 3 is 2.89 bits per heavy atom. The highest BCUT2D eigenvalue weighted by Crippen LogP contribution is 2.19. The van der Waals surface area contributed by atoms with Crippen molar-refractivity contribution in [2.75, 3.05) is 11.4 Å². The summed E-state index contributed by atoms with van der Waals surface area (Å²) in [5, 5.41) is 2.27. The van der Waals surface area contributed by atoms with Crippen molar-refractivity contribution >= 4 is 39.3 Å². The Morgan fingerprint density at radius 1 is 1.28 bits per heavy atom. The van der Waals surface area contributed by atoms with E-state index in [1.54, 1.807) is 6.20 Å². The Labute approximate surface area is 111 Å². The molecule has 0 atom stereocenters. The number of imide groups is 1. The Balaban J connectivity index is 1.99. The molecule has 3 amide bonds. The number of urea groups is 1. The number of rotatable bonds is 1. The number of fused-ring (bicyclic) bond motifs is 1. The first-order valence-electron chi connectivity index (χ1n) is 5.39. The van der Waals surface area contributed by atoms with E-state index in [0.717, 1.165) is 10.1 Å². The van der Waals surface area contributed by atoms with Crippen molar-refractivity contribution < 1.29 is 9.59 Å². The van der Waals surface area contributed by atoms with E-state index in [1.165, 1.54) is 4.90 Å². The Morgan fingerprint density at radius 2 is 2.11 bits per heavy atom. The molecule has 1 aliphatic heterocycles. The first-order chi connectivity index (χ1) is 8.63. The summed E-state index contributed by atoms with van der Waals surface area (Å²) in [6.07, 6.45) is 3.91. The van der Waals surface area contributed by atoms with Crippen LogP contribution >= 0.6 is 15.9 Å². The van der Waals surface area contributed by atoms with Gasteiger partial charge in [0.15, 0.2) is 5.82 Å². The van der Waals surface area contributed by atoms with Crippen LogP contribution in [0.5, 0.6) is 0 Å². The molecular weight excluding hydrogens is 300 g/mol. The van der Waals surface area contributed by atoms with Gasteiger partial charge in [0.05, 0.1) is 6.20 Å². The van der Waals surface area contributed by atoms with E-state index in [0.29, 0.717) is 18.8 Å². The van der Waals surface area contributed by atoms with Gasteiger partial charge in [0.1, 0.15) is 5.65 Å². The largest absolute Gasteiger partial charge is 0.329 e. The van der Waals surface area contributed by atoms with E-state index in [2.05, 4.69) is 26.2 Å². The molecule has 7 heteroatoms. The number of pyridine rings is 1. The predicted molar refractivity (Wildman–Crippen MR) is 68.4 cm³/mol. The van der Waals surface area contributed by atoms with Gasteiger partial charge in [-0.25, -0.2) is 9.78 Å². The number of nitrogens with zero attached hydrogens (tertiary/aromatic N) is 3. The van der Waals surface area contributed by atoms with Crippen molar-refractivity contribution in [2.45, 2.75) is 6.42 Å². The van der Waals surface area contributed by atoms with Gasteiger partial charge in [0.25, 0.3) is 0 Å². The summed E-state index contributed by atoms with van der Waals surface area (Å²) < 4.78 is 2.75. The van der Waals surface area contributed by atoms with Gasteiger partial charge in [-0.3, -0.25) is 15.0 Å². The van der Waals surface area contributed by atoms with Crippen molar-refractivity contribution in [1.29, 1.82) is 0 Å². The molecule has 6 nitrogen and oxygen atoms in total. The molecule has 0 spiro atoms. The number of halogens is 1. The molecule has 0 radical (unpaired) electrons. The molecule has 0 bridgehead atoms. The lowest BCUT2D eigenvalue weighted by Gasteiger charge is -2.24. The van der Waals surface area contributed by atoms with Crippen LogP contribution in [0.2, 0.25) is 0 Å². The molecule has 1 fully saturated rings. The minimum absolute atomic E-state index is 0.247. The molecule has 0 aliphatic carbocycles. The highest BCUT2D eigenvalue weighted by Gasteiger charge is 2.25. The van der Waals surface area contributed by atoms with E-state index in [-0.39, 0.29) is 5.91 Å². The summed E-state index contributed by atoms with van der Waals surface area (Å²) >= 11 is 3.37. The molecule has 3 heterocycles. The fourth-order valence-corrected chi connectivity index (χ4v) is 2.22. The number of nitrogens with one attached hydrogen (secondary N) is 1. The van der Waals surface area contributed by atoms with Gasteiger partial charge in [-0.1, -0.05) is 0 Å². The van der Waals surface area contributed by atoms with Crippen LogP contribution in [0.4, 0.5) is 10.6 Å². The number of amides is 3. The molecule has 2 aromatic heterocycles. The van der Waals surface area contributed by atoms with Crippen molar-refractivity contribution in [1.82, 2.24) is 14.7 Å². The molecule has 1 aliphatic rings. The SMILES string of the molecule is O=C1CCN(c2cn3cc(Br)ccc3n2)C(=O)N1. The maximum absolute atomic E-state index is 11.7. The van der Waals surface area contributed by atoms with Crippen molar-refractivity contribution in [3.63, 3.8) is 0 Å². The third-order valence-electron chi connectivity index (χ3n) is 2.73. The molecule has 18 heavy (non-hydrogen) atoms. The standard InChI is InChI=1S/C11H9BrN4O2/c12-7-1-2-8-13-9(6-15(8)5-7)16-4-3-10(17)14-11(16)18/h1-2,5-6H,3-4H2,(H,14,17,18). The zero-order chi connectivity index (χ0) is 12.7. The normalized spacial score (nSPS) is 16.2. The van der Waals surface area contributed by atoms with Crippen LogP contribution in [-0.2, 0) is 4.79 Å². The summed E-state index contributed by atoms with van der Waals surface area (Å²) in [6, 6.07) is 3.31. The molecule has 1 N–H and O–H groups in total. The molecule has 0 aromatic carbocycles. The zero-order valence-electron chi connectivity index (χ0n) is 9.26. The van der Waals surface area contributed by atoms with E-state index >= 15 is 0 Å². The number of carbonyl (C=O) groups excluding carboxylic acids is 2. The summed E-state index contributed by atoms with van der Waals surface area (Å²) in [7, 11) is 0. The van der Waals surface area contributed by atoms with E-state index in [1.807, 2.05) is 22.7 Å². The molecular formula is C11H9BrN4O2. The fraction of sp³-hybridized carbons (Fsp3) is 0.182. The van der Waals surface area contributed by atoms with E-state index < -0.39 is 6.03 Å². The number of hydrogen-bond donors (Lipinski definition) is 1. The van der Waals surface area contributed by atoms with E-state index in [4.69, 9.17) is 0 Å². The van der Waals surface area contributed by atoms with E-state index in [9.17, 15) is 9.59 Å². The number of anilines is 1. The molecule has 92 valence electrons. The Hall–Kier alpha value is -1.89. The molecule has 1 saturated heterocycles. The topological polar surface area (TPSA) is 66.7 Å². The second-order valence-corrected chi connectivity index (χ2v) is 4.88. The first kappa shape index (κ1) is 11.2. The second kappa shape index (κ2) is 4.09. The first-order valence-corrected chi connectivity index (χ1v) is 6.18. The zero-order valence-corrected chi connectivity index (χ0v) is 10.8. The van der Waals surface area contributed by atoms with Gasteiger partial charge >= 0.3 is 6.03 Å². The van der Waals surface area contributed by atoms with Crippen LogP contribution in [0.25, 0.3) is 5.65 Å². The Kier molecular flexibility index (Phi) is 2.55. The average molecular weight is 309 g/mol. The maximum Gasteiger partial charge on any atom is 0.329 e. The van der Waals surface area contributed by atoms with Crippen LogP contribution in [-0.4, -0.2) is 27.9 Å². The number of aromatic nitrogens is 2. The molecule has 0 saturated carbocycles. The van der Waals surface area contributed by atoms with Crippen molar-refractivity contribution in [2.24, 2.45) is 0 Å². The second-order valence-electron chi connectivity index (χ2n) is 3.97. The van der Waals surface area contributed by atoms with Gasteiger partial charge in [-0.2, -0.15) is 0 Å². The van der Waals surface area contributed by atoms with Crippen LogP contribution < -0.4 is 10.2 Å². The van der Waals surface area contributed by atoms with Gasteiger partial charge < -0.3 is 4.40 Å².